The summed E-state index contributed by atoms with van der Waals surface area (Å²) < 4.78 is 31.1. The molecule has 0 fully saturated rings. The van der Waals surface area contributed by atoms with Crippen LogP contribution in [0.1, 0.15) is 23.6 Å². The van der Waals surface area contributed by atoms with E-state index in [0.717, 1.165) is 16.7 Å². The van der Waals surface area contributed by atoms with Gasteiger partial charge in [-0.1, -0.05) is 54.6 Å². The molecule has 0 unspecified atom stereocenters. The molecule has 0 aromatic heterocycles. The van der Waals surface area contributed by atoms with E-state index in [2.05, 4.69) is 20.9 Å². The second kappa shape index (κ2) is 11.4. The average Bonchev–Trinajstić information content (AvgIpc) is 3.30. The van der Waals surface area contributed by atoms with E-state index in [0.29, 0.717) is 33.7 Å². The van der Waals surface area contributed by atoms with Crippen molar-refractivity contribution in [3.63, 3.8) is 0 Å². The minimum absolute atomic E-state index is 0.182. The summed E-state index contributed by atoms with van der Waals surface area (Å²) in [7, 11) is 0. The molecule has 4 aromatic rings. The molecule has 7 heteroatoms. The Kier molecular flexibility index (Phi) is 7.65. The summed E-state index contributed by atoms with van der Waals surface area (Å²) in [4.78, 5) is 17.0. The molecule has 0 radical (unpaired) electrons. The predicted molar refractivity (Wildman–Crippen MR) is 149 cm³/mol. The number of hydrogen-bond acceptors (Lipinski definition) is 5. The third-order valence-corrected chi connectivity index (χ3v) is 6.38. The fourth-order valence-electron chi connectivity index (χ4n) is 3.94. The highest BCUT2D eigenvalue weighted by Crippen LogP contribution is 2.38. The second-order valence-electron chi connectivity index (χ2n) is 8.46. The molecule has 1 heterocycles. The first-order valence-corrected chi connectivity index (χ1v) is 12.8. The number of esters is 1. The summed E-state index contributed by atoms with van der Waals surface area (Å²) in [6, 6.07) is 27.4. The Balaban J connectivity index is 1.37. The summed E-state index contributed by atoms with van der Waals surface area (Å²) in [5.41, 5.74) is 4.56. The zero-order chi connectivity index (χ0) is 26.5. The summed E-state index contributed by atoms with van der Waals surface area (Å²) in [6.07, 6.45) is 1.64. The molecule has 1 aliphatic heterocycles. The van der Waals surface area contributed by atoms with Gasteiger partial charge in [-0.15, -0.1) is 0 Å². The fourth-order valence-corrected chi connectivity index (χ4v) is 4.51. The van der Waals surface area contributed by atoms with Crippen molar-refractivity contribution >= 4 is 33.9 Å². The molecule has 0 saturated carbocycles. The Morgan fingerprint density at radius 2 is 1.58 bits per heavy atom. The molecule has 0 spiro atoms. The maximum atomic E-state index is 13.2. The van der Waals surface area contributed by atoms with Gasteiger partial charge in [0.15, 0.2) is 17.2 Å². The molecular weight excluding hydrogens is 549 g/mol. The van der Waals surface area contributed by atoms with Crippen LogP contribution >= 0.6 is 15.9 Å². The zero-order valence-electron chi connectivity index (χ0n) is 20.5. The maximum Gasteiger partial charge on any atom is 0.363 e. The summed E-state index contributed by atoms with van der Waals surface area (Å²) >= 11 is 3.55. The lowest BCUT2D eigenvalue weighted by Crippen LogP contribution is -2.05. The summed E-state index contributed by atoms with van der Waals surface area (Å²) in [6.45, 7) is 2.53. The van der Waals surface area contributed by atoms with Gasteiger partial charge in [0.2, 0.25) is 5.90 Å². The minimum Gasteiger partial charge on any atom is -0.490 e. The van der Waals surface area contributed by atoms with E-state index in [1.54, 1.807) is 24.3 Å². The number of ether oxygens (including phenoxy) is 3. The highest BCUT2D eigenvalue weighted by Gasteiger charge is 2.24. The molecule has 0 aliphatic carbocycles. The molecule has 0 amide bonds. The van der Waals surface area contributed by atoms with E-state index in [9.17, 15) is 9.18 Å². The molecule has 38 heavy (non-hydrogen) atoms. The summed E-state index contributed by atoms with van der Waals surface area (Å²) in [5.74, 6) is 0.433. The number of aliphatic imine (C=N–C) groups is 1. The number of carbonyl (C=O) groups excluding carboxylic acids is 1. The Morgan fingerprint density at radius 3 is 2.29 bits per heavy atom. The lowest BCUT2D eigenvalue weighted by atomic mass is 10.0. The normalized spacial score (nSPS) is 13.8. The first-order valence-electron chi connectivity index (χ1n) is 12.0. The fraction of sp³-hybridized carbons (Fsp3) is 0.0968. The smallest absolute Gasteiger partial charge is 0.363 e. The van der Waals surface area contributed by atoms with Gasteiger partial charge in [-0.2, -0.15) is 0 Å². The number of nitrogens with zero attached hydrogens (tertiary/aromatic N) is 1. The Bertz CT molecular complexity index is 1510. The molecule has 5 nitrogen and oxygen atoms in total. The topological polar surface area (TPSA) is 57.1 Å². The molecule has 5 rings (SSSR count). The van der Waals surface area contributed by atoms with Gasteiger partial charge in [-0.3, -0.25) is 0 Å². The van der Waals surface area contributed by atoms with E-state index >= 15 is 0 Å². The van der Waals surface area contributed by atoms with Crippen LogP contribution in [0.2, 0.25) is 0 Å². The zero-order valence-corrected chi connectivity index (χ0v) is 22.1. The van der Waals surface area contributed by atoms with Crippen LogP contribution in [0.5, 0.6) is 11.5 Å². The number of halogens is 2. The monoisotopic (exact) mass is 571 g/mol. The summed E-state index contributed by atoms with van der Waals surface area (Å²) in [5, 5.41) is 0. The van der Waals surface area contributed by atoms with Crippen LogP contribution in [-0.4, -0.2) is 18.5 Å². The molecule has 0 bridgehead atoms. The molecule has 0 N–H and O–H groups in total. The van der Waals surface area contributed by atoms with Crippen LogP contribution < -0.4 is 9.47 Å². The van der Waals surface area contributed by atoms with Crippen molar-refractivity contribution in [2.75, 3.05) is 6.61 Å². The first kappa shape index (κ1) is 25.4. The van der Waals surface area contributed by atoms with E-state index < -0.39 is 5.97 Å². The van der Waals surface area contributed by atoms with Crippen molar-refractivity contribution in [1.82, 2.24) is 0 Å². The van der Waals surface area contributed by atoms with Gasteiger partial charge in [-0.05, 0) is 87.6 Å². The van der Waals surface area contributed by atoms with Gasteiger partial charge in [0, 0.05) is 5.56 Å². The van der Waals surface area contributed by atoms with Crippen molar-refractivity contribution in [3.8, 4) is 22.6 Å². The van der Waals surface area contributed by atoms with E-state index in [4.69, 9.17) is 14.2 Å². The average molecular weight is 572 g/mol. The lowest BCUT2D eigenvalue weighted by Gasteiger charge is -2.15. The standard InChI is InChI=1S/C31H23BrFNO4/c1-2-36-28-18-21(16-26(32)29(28)37-19-20-8-14-25(33)15-9-20)17-27-31(35)38-30(34-27)24-12-10-23(11-13-24)22-6-4-3-5-7-22/h3-18H,2,19H2,1H3/b27-17-. The minimum atomic E-state index is -0.530. The SMILES string of the molecule is CCOc1cc(/C=C2\N=C(c3ccc(-c4ccccc4)cc3)OC2=O)cc(Br)c1OCc1ccc(F)cc1. The van der Waals surface area contributed by atoms with Crippen LogP contribution in [0.25, 0.3) is 17.2 Å². The molecule has 0 atom stereocenters. The van der Waals surface area contributed by atoms with Crippen molar-refractivity contribution < 1.29 is 23.4 Å². The van der Waals surface area contributed by atoms with Crippen molar-refractivity contribution in [2.24, 2.45) is 4.99 Å². The lowest BCUT2D eigenvalue weighted by molar-refractivity contribution is -0.129. The number of rotatable bonds is 8. The van der Waals surface area contributed by atoms with Gasteiger partial charge in [-0.25, -0.2) is 14.2 Å². The van der Waals surface area contributed by atoms with Crippen LogP contribution in [-0.2, 0) is 16.1 Å². The number of hydrogen-bond donors (Lipinski definition) is 0. The van der Waals surface area contributed by atoms with Gasteiger partial charge in [0.05, 0.1) is 11.1 Å². The van der Waals surface area contributed by atoms with Crippen LogP contribution in [0.3, 0.4) is 0 Å². The van der Waals surface area contributed by atoms with E-state index in [1.165, 1.54) is 12.1 Å². The van der Waals surface area contributed by atoms with Gasteiger partial charge >= 0.3 is 5.97 Å². The van der Waals surface area contributed by atoms with Crippen molar-refractivity contribution in [1.29, 1.82) is 0 Å². The molecule has 1 aliphatic rings. The highest BCUT2D eigenvalue weighted by atomic mass is 79.9. The third-order valence-electron chi connectivity index (χ3n) is 5.79. The first-order chi connectivity index (χ1) is 18.5. The van der Waals surface area contributed by atoms with Gasteiger partial charge < -0.3 is 14.2 Å². The molecule has 4 aromatic carbocycles. The van der Waals surface area contributed by atoms with Gasteiger partial charge in [0.25, 0.3) is 0 Å². The highest BCUT2D eigenvalue weighted by molar-refractivity contribution is 9.10. The Morgan fingerprint density at radius 1 is 0.895 bits per heavy atom. The van der Waals surface area contributed by atoms with E-state index in [-0.39, 0.29) is 24.0 Å². The van der Waals surface area contributed by atoms with Crippen LogP contribution in [0, 0.1) is 5.82 Å². The number of carbonyl (C=O) groups is 1. The van der Waals surface area contributed by atoms with Crippen LogP contribution in [0.15, 0.2) is 106 Å². The number of benzene rings is 4. The molecular formula is C31H23BrFNO4. The van der Waals surface area contributed by atoms with Crippen LogP contribution in [0.4, 0.5) is 4.39 Å². The van der Waals surface area contributed by atoms with Crippen molar-refractivity contribution in [3.05, 3.63) is 124 Å². The van der Waals surface area contributed by atoms with E-state index in [1.807, 2.05) is 67.6 Å². The second-order valence-corrected chi connectivity index (χ2v) is 9.31. The quantitative estimate of drug-likeness (QED) is 0.161. The van der Waals surface area contributed by atoms with Gasteiger partial charge in [0.1, 0.15) is 12.4 Å². The largest absolute Gasteiger partial charge is 0.490 e. The Labute approximate surface area is 228 Å². The Hall–Kier alpha value is -4.23. The predicted octanol–water partition coefficient (Wildman–Crippen LogP) is 7.58. The molecule has 190 valence electrons. The van der Waals surface area contributed by atoms with Crippen molar-refractivity contribution in [2.45, 2.75) is 13.5 Å². The maximum absolute atomic E-state index is 13.2. The number of cyclic esters (lactones) is 1. The third kappa shape index (κ3) is 5.84. The molecule has 0 saturated heterocycles.